The second-order valence-corrected chi connectivity index (χ2v) is 9.21. The Morgan fingerprint density at radius 3 is 2.38 bits per heavy atom. The van der Waals surface area contributed by atoms with Gasteiger partial charge in [0.1, 0.15) is 5.75 Å². The van der Waals surface area contributed by atoms with Crippen molar-refractivity contribution < 1.29 is 14.3 Å². The van der Waals surface area contributed by atoms with Gasteiger partial charge in [-0.15, -0.1) is 0 Å². The van der Waals surface area contributed by atoms with Gasteiger partial charge in [-0.2, -0.15) is 0 Å². The number of amides is 1. The minimum atomic E-state index is 0.0700. The Bertz CT molecular complexity index is 921. The van der Waals surface area contributed by atoms with E-state index in [0.29, 0.717) is 5.56 Å². The SMILES string of the molecule is CCC1CCC(C(=O)Nc2ccc(C)c(OC)c2)CC1.CCc1c(Br)cncc1C(C)=O. The summed E-state index contributed by atoms with van der Waals surface area (Å²) in [5.74, 6) is 2.03. The van der Waals surface area contributed by atoms with Crippen molar-refractivity contribution in [2.24, 2.45) is 11.8 Å². The number of nitrogens with one attached hydrogen (secondary N) is 1. The summed E-state index contributed by atoms with van der Waals surface area (Å²) in [5, 5.41) is 3.03. The highest BCUT2D eigenvalue weighted by Gasteiger charge is 2.25. The standard InChI is InChI=1S/C17H25NO2.C9H10BrNO/c1-4-13-6-8-14(9-7-13)17(19)18-15-10-5-12(2)16(11-15)20-3;1-3-7-8(6(2)12)4-11-5-9(7)10/h5,10-11,13-14H,4,6-9H2,1-3H3,(H,18,19);4-5H,3H2,1-2H3. The van der Waals surface area contributed by atoms with Crippen LogP contribution in [0.2, 0.25) is 0 Å². The topological polar surface area (TPSA) is 68.3 Å². The number of aryl methyl sites for hydroxylation is 1. The average Bonchev–Trinajstić information content (AvgIpc) is 2.80. The van der Waals surface area contributed by atoms with Crippen LogP contribution in [0.3, 0.4) is 0 Å². The number of ether oxygens (including phenoxy) is 1. The normalized spacial score (nSPS) is 17.7. The van der Waals surface area contributed by atoms with Gasteiger partial charge in [-0.3, -0.25) is 14.6 Å². The Hall–Kier alpha value is -2.21. The van der Waals surface area contributed by atoms with Crippen molar-refractivity contribution in [3.05, 3.63) is 51.8 Å². The minimum absolute atomic E-state index is 0.0700. The highest BCUT2D eigenvalue weighted by molar-refractivity contribution is 9.10. The van der Waals surface area contributed by atoms with Gasteiger partial charge in [-0.25, -0.2) is 0 Å². The number of hydrogen-bond acceptors (Lipinski definition) is 4. The smallest absolute Gasteiger partial charge is 0.227 e. The van der Waals surface area contributed by atoms with Crippen LogP contribution in [-0.4, -0.2) is 23.8 Å². The number of pyridine rings is 1. The van der Waals surface area contributed by atoms with Crippen LogP contribution in [0.5, 0.6) is 5.75 Å². The fourth-order valence-electron chi connectivity index (χ4n) is 4.10. The van der Waals surface area contributed by atoms with Gasteiger partial charge in [-0.1, -0.05) is 26.3 Å². The number of ketones is 1. The minimum Gasteiger partial charge on any atom is -0.496 e. The summed E-state index contributed by atoms with van der Waals surface area (Å²) in [5.41, 5.74) is 3.66. The molecule has 1 amide bonds. The Balaban J connectivity index is 0.000000258. The quantitative estimate of drug-likeness (QED) is 0.442. The number of carbonyl (C=O) groups is 2. The van der Waals surface area contributed by atoms with E-state index >= 15 is 0 Å². The summed E-state index contributed by atoms with van der Waals surface area (Å²) < 4.78 is 6.20. The number of nitrogens with zero attached hydrogens (tertiary/aromatic N) is 1. The zero-order chi connectivity index (χ0) is 23.7. The van der Waals surface area contributed by atoms with Gasteiger partial charge in [0, 0.05) is 40.1 Å². The van der Waals surface area contributed by atoms with Gasteiger partial charge < -0.3 is 10.1 Å². The van der Waals surface area contributed by atoms with E-state index < -0.39 is 0 Å². The third kappa shape index (κ3) is 7.16. The van der Waals surface area contributed by atoms with Crippen molar-refractivity contribution in [2.45, 2.75) is 66.2 Å². The molecule has 32 heavy (non-hydrogen) atoms. The first-order valence-electron chi connectivity index (χ1n) is 11.4. The van der Waals surface area contributed by atoms with Crippen molar-refractivity contribution in [2.75, 3.05) is 12.4 Å². The maximum Gasteiger partial charge on any atom is 0.227 e. The largest absolute Gasteiger partial charge is 0.496 e. The van der Waals surface area contributed by atoms with Crippen molar-refractivity contribution in [3.63, 3.8) is 0 Å². The molecule has 0 bridgehead atoms. The highest BCUT2D eigenvalue weighted by Crippen LogP contribution is 2.31. The van der Waals surface area contributed by atoms with Gasteiger partial charge >= 0.3 is 0 Å². The third-order valence-corrected chi connectivity index (χ3v) is 6.89. The molecule has 1 heterocycles. The van der Waals surface area contributed by atoms with Crippen LogP contribution in [0.1, 0.15) is 74.4 Å². The lowest BCUT2D eigenvalue weighted by Crippen LogP contribution is -2.27. The number of benzene rings is 1. The number of carbonyl (C=O) groups excluding carboxylic acids is 2. The Morgan fingerprint density at radius 2 is 1.84 bits per heavy atom. The second kappa shape index (κ2) is 12.7. The zero-order valence-electron chi connectivity index (χ0n) is 19.8. The van der Waals surface area contributed by atoms with Gasteiger partial charge in [0.25, 0.3) is 0 Å². The molecule has 1 saturated carbocycles. The number of methoxy groups -OCH3 is 1. The van der Waals surface area contributed by atoms with Crippen LogP contribution in [0.15, 0.2) is 35.1 Å². The van der Waals surface area contributed by atoms with Gasteiger partial charge in [0.15, 0.2) is 5.78 Å². The maximum atomic E-state index is 12.3. The lowest BCUT2D eigenvalue weighted by molar-refractivity contribution is -0.121. The molecule has 0 atom stereocenters. The molecular formula is C26H35BrN2O3. The van der Waals surface area contributed by atoms with Crippen molar-refractivity contribution in [1.82, 2.24) is 4.98 Å². The molecule has 1 aliphatic carbocycles. The predicted octanol–water partition coefficient (Wildman–Crippen LogP) is 6.77. The highest BCUT2D eigenvalue weighted by atomic mass is 79.9. The summed E-state index contributed by atoms with van der Waals surface area (Å²) >= 11 is 3.36. The van der Waals surface area contributed by atoms with E-state index in [-0.39, 0.29) is 17.6 Å². The van der Waals surface area contributed by atoms with E-state index in [1.54, 1.807) is 26.4 Å². The fraction of sp³-hybridized carbons (Fsp3) is 0.500. The van der Waals surface area contributed by atoms with Crippen molar-refractivity contribution in [1.29, 1.82) is 0 Å². The van der Waals surface area contributed by atoms with E-state index in [1.807, 2.05) is 32.0 Å². The number of anilines is 1. The number of hydrogen-bond donors (Lipinski definition) is 1. The fourth-order valence-corrected chi connectivity index (χ4v) is 4.71. The van der Waals surface area contributed by atoms with E-state index in [1.165, 1.54) is 19.3 Å². The summed E-state index contributed by atoms with van der Waals surface area (Å²) in [6.07, 6.45) is 9.83. The van der Waals surface area contributed by atoms with E-state index in [0.717, 1.165) is 52.2 Å². The molecule has 1 aliphatic rings. The molecule has 1 fully saturated rings. The Kier molecular flexibility index (Phi) is 10.4. The number of halogens is 1. The zero-order valence-corrected chi connectivity index (χ0v) is 21.4. The second-order valence-electron chi connectivity index (χ2n) is 8.36. The third-order valence-electron chi connectivity index (χ3n) is 6.21. The van der Waals surface area contributed by atoms with E-state index in [4.69, 9.17) is 4.74 Å². The molecular weight excluding hydrogens is 468 g/mol. The van der Waals surface area contributed by atoms with Gasteiger partial charge in [-0.05, 0) is 85.0 Å². The maximum absolute atomic E-state index is 12.3. The Labute approximate surface area is 200 Å². The van der Waals surface area contributed by atoms with Crippen molar-refractivity contribution in [3.8, 4) is 5.75 Å². The van der Waals surface area contributed by atoms with Crippen LogP contribution in [0.4, 0.5) is 5.69 Å². The van der Waals surface area contributed by atoms with Crippen LogP contribution in [-0.2, 0) is 11.2 Å². The molecule has 0 unspecified atom stereocenters. The summed E-state index contributed by atoms with van der Waals surface area (Å²) in [6.45, 7) is 7.81. The lowest BCUT2D eigenvalue weighted by Gasteiger charge is -2.27. The van der Waals surface area contributed by atoms with Crippen LogP contribution < -0.4 is 10.1 Å². The number of rotatable bonds is 6. The van der Waals surface area contributed by atoms with E-state index in [9.17, 15) is 9.59 Å². The predicted molar refractivity (Wildman–Crippen MR) is 133 cm³/mol. The molecule has 0 spiro atoms. The summed E-state index contributed by atoms with van der Waals surface area (Å²) in [7, 11) is 1.65. The molecule has 3 rings (SSSR count). The average molecular weight is 503 g/mol. The Morgan fingerprint density at radius 1 is 1.16 bits per heavy atom. The molecule has 5 nitrogen and oxygen atoms in total. The molecule has 6 heteroatoms. The molecule has 174 valence electrons. The molecule has 1 aromatic carbocycles. The number of aromatic nitrogens is 1. The first-order valence-corrected chi connectivity index (χ1v) is 12.2. The lowest BCUT2D eigenvalue weighted by atomic mass is 9.80. The number of Topliss-reactive ketones (excluding diaryl/α,β-unsaturated/α-hetero) is 1. The van der Waals surface area contributed by atoms with Gasteiger partial charge in [0.2, 0.25) is 5.91 Å². The summed E-state index contributed by atoms with van der Waals surface area (Å²) in [6, 6.07) is 5.81. The van der Waals surface area contributed by atoms with Crippen LogP contribution in [0, 0.1) is 18.8 Å². The first kappa shape index (κ1) is 26.0. The summed E-state index contributed by atoms with van der Waals surface area (Å²) in [4.78, 5) is 27.4. The molecule has 0 aliphatic heterocycles. The van der Waals surface area contributed by atoms with Crippen LogP contribution >= 0.6 is 15.9 Å². The van der Waals surface area contributed by atoms with E-state index in [2.05, 4.69) is 33.2 Å². The molecule has 2 aromatic rings. The van der Waals surface area contributed by atoms with Crippen molar-refractivity contribution >= 4 is 33.3 Å². The molecule has 1 N–H and O–H groups in total. The van der Waals surface area contributed by atoms with Gasteiger partial charge in [0.05, 0.1) is 7.11 Å². The molecule has 0 saturated heterocycles. The first-order chi connectivity index (χ1) is 15.3. The molecule has 1 aromatic heterocycles. The van der Waals surface area contributed by atoms with Crippen LogP contribution in [0.25, 0.3) is 0 Å². The molecule has 0 radical (unpaired) electrons. The monoisotopic (exact) mass is 502 g/mol.